The van der Waals surface area contributed by atoms with Crippen LogP contribution in [0.5, 0.6) is 11.5 Å². The summed E-state index contributed by atoms with van der Waals surface area (Å²) in [6, 6.07) is 6.79. The average Bonchev–Trinajstić information content (AvgIpc) is 2.81. The van der Waals surface area contributed by atoms with E-state index in [1.54, 1.807) is 25.1 Å². The molecule has 1 fully saturated rings. The van der Waals surface area contributed by atoms with Crippen LogP contribution < -0.4 is 15.2 Å². The molecule has 0 atom stereocenters. The quantitative estimate of drug-likeness (QED) is 0.730. The Hall–Kier alpha value is -2.99. The number of thioether (sulfide) groups is 1. The average molecular weight is 361 g/mol. The van der Waals surface area contributed by atoms with Crippen LogP contribution in [0, 0.1) is 11.3 Å². The zero-order valence-corrected chi connectivity index (χ0v) is 14.2. The lowest BCUT2D eigenvalue weighted by Crippen LogP contribution is -2.36. The fraction of sp³-hybridized carbons (Fsp3) is 0.250. The lowest BCUT2D eigenvalue weighted by Gasteiger charge is -2.11. The maximum atomic E-state index is 12.2. The molecule has 8 nitrogen and oxygen atoms in total. The first-order chi connectivity index (χ1) is 12.0. The molecule has 1 aromatic carbocycles. The van der Waals surface area contributed by atoms with Gasteiger partial charge in [-0.2, -0.15) is 5.26 Å². The van der Waals surface area contributed by atoms with Gasteiger partial charge >= 0.3 is 0 Å². The maximum Gasteiger partial charge on any atom is 0.294 e. The van der Waals surface area contributed by atoms with Crippen LogP contribution in [0.4, 0.5) is 4.79 Å². The first kappa shape index (κ1) is 18.4. The molecular formula is C16H15N3O5S. The topological polar surface area (TPSA) is 123 Å². The minimum absolute atomic E-state index is 0.120. The molecular weight excluding hydrogens is 346 g/mol. The minimum Gasteiger partial charge on any atom is -0.490 e. The fourth-order valence-corrected chi connectivity index (χ4v) is 2.89. The summed E-state index contributed by atoms with van der Waals surface area (Å²) in [5.41, 5.74) is 5.65. The lowest BCUT2D eigenvalue weighted by molar-refractivity contribution is -0.127. The molecule has 0 unspecified atom stereocenters. The largest absolute Gasteiger partial charge is 0.490 e. The highest BCUT2D eigenvalue weighted by Crippen LogP contribution is 2.34. The van der Waals surface area contributed by atoms with Gasteiger partial charge in [-0.3, -0.25) is 19.3 Å². The summed E-state index contributed by atoms with van der Waals surface area (Å²) in [5.74, 6) is -0.511. The van der Waals surface area contributed by atoms with Crippen LogP contribution in [0.3, 0.4) is 0 Å². The molecule has 1 aliphatic rings. The maximum absolute atomic E-state index is 12.2. The SMILES string of the molecule is CCOc1cc(/C=C2\SC(=O)N(CC(N)=O)C2=O)ccc1OCC#N. The van der Waals surface area contributed by atoms with Crippen LogP contribution in [-0.2, 0) is 9.59 Å². The van der Waals surface area contributed by atoms with E-state index in [4.69, 9.17) is 20.5 Å². The van der Waals surface area contributed by atoms with E-state index in [2.05, 4.69) is 0 Å². The van der Waals surface area contributed by atoms with Gasteiger partial charge in [0.2, 0.25) is 5.91 Å². The van der Waals surface area contributed by atoms with Gasteiger partial charge in [-0.25, -0.2) is 0 Å². The molecule has 0 saturated carbocycles. The van der Waals surface area contributed by atoms with Crippen LogP contribution >= 0.6 is 11.8 Å². The number of hydrogen-bond acceptors (Lipinski definition) is 7. The Kier molecular flexibility index (Phi) is 6.03. The first-order valence-electron chi connectivity index (χ1n) is 7.26. The molecule has 2 N–H and O–H groups in total. The van der Waals surface area contributed by atoms with E-state index in [0.29, 0.717) is 23.7 Å². The first-order valence-corrected chi connectivity index (χ1v) is 8.08. The molecule has 130 valence electrons. The molecule has 0 bridgehead atoms. The number of imide groups is 1. The Labute approximate surface area is 148 Å². The summed E-state index contributed by atoms with van der Waals surface area (Å²) < 4.78 is 10.7. The van der Waals surface area contributed by atoms with Crippen molar-refractivity contribution >= 4 is 34.9 Å². The number of carbonyl (C=O) groups excluding carboxylic acids is 3. The highest BCUT2D eigenvalue weighted by molar-refractivity contribution is 8.18. The van der Waals surface area contributed by atoms with Gasteiger partial charge in [0.25, 0.3) is 11.1 Å². The second kappa shape index (κ2) is 8.21. The smallest absolute Gasteiger partial charge is 0.294 e. The number of nitriles is 1. The molecule has 0 aliphatic carbocycles. The number of hydrogen-bond donors (Lipinski definition) is 1. The van der Waals surface area contributed by atoms with Crippen molar-refractivity contribution in [1.82, 2.24) is 4.90 Å². The molecule has 3 amide bonds. The van der Waals surface area contributed by atoms with Gasteiger partial charge in [0.05, 0.1) is 11.5 Å². The predicted octanol–water partition coefficient (Wildman–Crippen LogP) is 1.51. The van der Waals surface area contributed by atoms with Crippen molar-refractivity contribution in [2.24, 2.45) is 5.73 Å². The monoisotopic (exact) mass is 361 g/mol. The molecule has 0 aromatic heterocycles. The number of nitrogens with zero attached hydrogens (tertiary/aromatic N) is 2. The van der Waals surface area contributed by atoms with Crippen molar-refractivity contribution in [1.29, 1.82) is 5.26 Å². The summed E-state index contributed by atoms with van der Waals surface area (Å²) in [7, 11) is 0. The second-order valence-electron chi connectivity index (χ2n) is 4.82. The van der Waals surface area contributed by atoms with E-state index in [1.165, 1.54) is 6.08 Å². The Morgan fingerprint density at radius 2 is 2.12 bits per heavy atom. The number of nitrogens with two attached hydrogens (primary N) is 1. The van der Waals surface area contributed by atoms with Gasteiger partial charge in [-0.1, -0.05) is 6.07 Å². The van der Waals surface area contributed by atoms with Crippen LogP contribution in [-0.4, -0.2) is 41.7 Å². The van der Waals surface area contributed by atoms with Gasteiger partial charge < -0.3 is 15.2 Å². The van der Waals surface area contributed by atoms with Gasteiger partial charge in [-0.15, -0.1) is 0 Å². The lowest BCUT2D eigenvalue weighted by atomic mass is 10.2. The second-order valence-corrected chi connectivity index (χ2v) is 5.81. The molecule has 25 heavy (non-hydrogen) atoms. The third-order valence-corrected chi connectivity index (χ3v) is 3.95. The van der Waals surface area contributed by atoms with E-state index in [0.717, 1.165) is 16.7 Å². The molecule has 9 heteroatoms. The van der Waals surface area contributed by atoms with Crippen molar-refractivity contribution in [2.75, 3.05) is 19.8 Å². The normalized spacial score (nSPS) is 15.4. The molecule has 1 saturated heterocycles. The number of rotatable bonds is 7. The molecule has 2 rings (SSSR count). The van der Waals surface area contributed by atoms with Crippen molar-refractivity contribution in [3.8, 4) is 17.6 Å². The van der Waals surface area contributed by atoms with Gasteiger partial charge in [0.15, 0.2) is 18.1 Å². The van der Waals surface area contributed by atoms with Gasteiger partial charge in [0.1, 0.15) is 12.6 Å². The van der Waals surface area contributed by atoms with Crippen LogP contribution in [0.25, 0.3) is 6.08 Å². The standard InChI is InChI=1S/C16H15N3O5S/c1-2-23-12-7-10(3-4-11(12)24-6-5-17)8-13-15(21)19(9-14(18)20)16(22)25-13/h3-4,7-8H,2,6,9H2,1H3,(H2,18,20)/b13-8-. The van der Waals surface area contributed by atoms with Gasteiger partial charge in [0, 0.05) is 0 Å². The summed E-state index contributed by atoms with van der Waals surface area (Å²) >= 11 is 0.732. The number of primary amides is 1. The zero-order chi connectivity index (χ0) is 18.4. The third-order valence-electron chi connectivity index (χ3n) is 3.05. The molecule has 0 spiro atoms. The van der Waals surface area contributed by atoms with E-state index in [1.807, 2.05) is 6.07 Å². The number of carbonyl (C=O) groups is 3. The number of amides is 3. The van der Waals surface area contributed by atoms with Crippen molar-refractivity contribution in [2.45, 2.75) is 6.92 Å². The van der Waals surface area contributed by atoms with Crippen LogP contribution in [0.1, 0.15) is 12.5 Å². The molecule has 1 aliphatic heterocycles. The molecule has 1 aromatic rings. The van der Waals surface area contributed by atoms with Crippen LogP contribution in [0.2, 0.25) is 0 Å². The van der Waals surface area contributed by atoms with Crippen molar-refractivity contribution < 1.29 is 23.9 Å². The minimum atomic E-state index is -0.763. The zero-order valence-electron chi connectivity index (χ0n) is 13.4. The Morgan fingerprint density at radius 3 is 2.76 bits per heavy atom. The third kappa shape index (κ3) is 4.51. The summed E-state index contributed by atoms with van der Waals surface area (Å²) in [6.45, 7) is 1.62. The molecule has 0 radical (unpaired) electrons. The van der Waals surface area contributed by atoms with Crippen molar-refractivity contribution in [3.63, 3.8) is 0 Å². The summed E-state index contributed by atoms with van der Waals surface area (Å²) in [5, 5.41) is 8.05. The van der Waals surface area contributed by atoms with Crippen molar-refractivity contribution in [3.05, 3.63) is 28.7 Å². The van der Waals surface area contributed by atoms with E-state index in [-0.39, 0.29) is 11.5 Å². The highest BCUT2D eigenvalue weighted by Gasteiger charge is 2.35. The Balaban J connectivity index is 2.27. The number of ether oxygens (including phenoxy) is 2. The Bertz CT molecular complexity index is 784. The summed E-state index contributed by atoms with van der Waals surface area (Å²) in [4.78, 5) is 35.9. The number of benzene rings is 1. The Morgan fingerprint density at radius 1 is 1.36 bits per heavy atom. The fourth-order valence-electron chi connectivity index (χ4n) is 2.06. The van der Waals surface area contributed by atoms with E-state index < -0.39 is 23.6 Å². The highest BCUT2D eigenvalue weighted by atomic mass is 32.2. The molecule has 1 heterocycles. The van der Waals surface area contributed by atoms with E-state index in [9.17, 15) is 14.4 Å². The summed E-state index contributed by atoms with van der Waals surface area (Å²) in [6.07, 6.45) is 1.52. The van der Waals surface area contributed by atoms with Gasteiger partial charge in [-0.05, 0) is 42.5 Å². The van der Waals surface area contributed by atoms with E-state index >= 15 is 0 Å². The van der Waals surface area contributed by atoms with Crippen LogP contribution in [0.15, 0.2) is 23.1 Å². The predicted molar refractivity (Wildman–Crippen MR) is 90.6 cm³/mol.